The van der Waals surface area contributed by atoms with Gasteiger partial charge in [0.15, 0.2) is 0 Å². The van der Waals surface area contributed by atoms with Crippen molar-refractivity contribution in [3.05, 3.63) is 32.8 Å². The van der Waals surface area contributed by atoms with Crippen LogP contribution in [0.15, 0.2) is 22.7 Å². The number of nitrogens with one attached hydrogen (secondary N) is 1. The van der Waals surface area contributed by atoms with Gasteiger partial charge in [-0.05, 0) is 47.9 Å². The Kier molecular flexibility index (Phi) is 3.96. The van der Waals surface area contributed by atoms with Crippen molar-refractivity contribution in [1.29, 1.82) is 0 Å². The molecule has 0 radical (unpaired) electrons. The Morgan fingerprint density at radius 3 is 2.76 bits per heavy atom. The summed E-state index contributed by atoms with van der Waals surface area (Å²) in [6, 6.07) is 4.85. The van der Waals surface area contributed by atoms with E-state index in [2.05, 4.69) is 21.2 Å². The van der Waals surface area contributed by atoms with Gasteiger partial charge in [-0.15, -0.1) is 0 Å². The number of nitro benzene ring substituents is 1. The van der Waals surface area contributed by atoms with Crippen molar-refractivity contribution in [2.24, 2.45) is 0 Å². The molecule has 0 amide bonds. The highest BCUT2D eigenvalue weighted by atomic mass is 79.9. The first-order valence-electron chi connectivity index (χ1n) is 5.49. The third-order valence-electron chi connectivity index (χ3n) is 2.72. The Morgan fingerprint density at radius 2 is 2.12 bits per heavy atom. The summed E-state index contributed by atoms with van der Waals surface area (Å²) in [5.41, 5.74) is 0.0384. The Morgan fingerprint density at radius 1 is 1.41 bits per heavy atom. The fourth-order valence-corrected chi connectivity index (χ4v) is 2.33. The molecule has 1 fully saturated rings. The fourth-order valence-electron chi connectivity index (χ4n) is 1.82. The molecule has 1 aliphatic rings. The van der Waals surface area contributed by atoms with Crippen LogP contribution in [0.1, 0.15) is 12.8 Å². The fraction of sp³-hybridized carbons (Fsp3) is 0.455. The summed E-state index contributed by atoms with van der Waals surface area (Å²) in [4.78, 5) is 10.4. The van der Waals surface area contributed by atoms with Crippen molar-refractivity contribution in [2.75, 3.05) is 13.1 Å². The second-order valence-electron chi connectivity index (χ2n) is 3.91. The molecule has 6 heteroatoms. The lowest BCUT2D eigenvalue weighted by Crippen LogP contribution is -2.34. The molecule has 1 saturated heterocycles. The molecule has 92 valence electrons. The first-order chi connectivity index (χ1) is 8.18. The summed E-state index contributed by atoms with van der Waals surface area (Å²) in [5, 5.41) is 14.0. The van der Waals surface area contributed by atoms with E-state index < -0.39 is 4.92 Å². The van der Waals surface area contributed by atoms with Crippen LogP contribution in [0.4, 0.5) is 5.69 Å². The number of nitrogens with zero attached hydrogens (tertiary/aromatic N) is 1. The lowest BCUT2D eigenvalue weighted by molar-refractivity contribution is -0.385. The van der Waals surface area contributed by atoms with Crippen LogP contribution in [0.3, 0.4) is 0 Å². The quantitative estimate of drug-likeness (QED) is 0.688. The van der Waals surface area contributed by atoms with E-state index >= 15 is 0 Å². The lowest BCUT2D eigenvalue weighted by Gasteiger charge is -2.24. The Bertz CT molecular complexity index is 419. The second-order valence-corrected chi connectivity index (χ2v) is 4.71. The van der Waals surface area contributed by atoms with E-state index in [1.807, 2.05) is 0 Å². The molecule has 1 heterocycles. The first kappa shape index (κ1) is 12.3. The van der Waals surface area contributed by atoms with E-state index in [1.54, 1.807) is 12.1 Å². The Hall–Kier alpha value is -1.14. The third-order valence-corrected chi connectivity index (χ3v) is 3.52. The van der Waals surface area contributed by atoms with Crippen molar-refractivity contribution in [1.82, 2.24) is 5.32 Å². The maximum Gasteiger partial charge on any atom is 0.287 e. The standard InChI is InChI=1S/C11H13BrN2O3/c12-11-9(14(15)16)2-1-3-10(11)17-8-4-6-13-7-5-8/h1-3,8,13H,4-7H2. The minimum atomic E-state index is -0.417. The van der Waals surface area contributed by atoms with E-state index in [0.29, 0.717) is 10.2 Å². The summed E-state index contributed by atoms with van der Waals surface area (Å²) < 4.78 is 6.21. The molecule has 5 nitrogen and oxygen atoms in total. The molecule has 0 aromatic heterocycles. The molecule has 1 N–H and O–H groups in total. The highest BCUT2D eigenvalue weighted by molar-refractivity contribution is 9.10. The van der Waals surface area contributed by atoms with Crippen LogP contribution in [-0.4, -0.2) is 24.1 Å². The molecular formula is C11H13BrN2O3. The minimum Gasteiger partial charge on any atom is -0.489 e. The topological polar surface area (TPSA) is 64.4 Å². The molecule has 0 spiro atoms. The number of rotatable bonds is 3. The number of benzene rings is 1. The van der Waals surface area contributed by atoms with Crippen LogP contribution >= 0.6 is 15.9 Å². The summed E-state index contributed by atoms with van der Waals surface area (Å²) in [5.74, 6) is 0.547. The summed E-state index contributed by atoms with van der Waals surface area (Å²) in [7, 11) is 0. The van der Waals surface area contributed by atoms with Gasteiger partial charge in [0.1, 0.15) is 16.3 Å². The van der Waals surface area contributed by atoms with Crippen molar-refractivity contribution < 1.29 is 9.66 Å². The number of hydrogen-bond acceptors (Lipinski definition) is 4. The van der Waals surface area contributed by atoms with E-state index in [1.165, 1.54) is 6.07 Å². The highest BCUT2D eigenvalue weighted by Crippen LogP contribution is 2.34. The molecule has 0 bridgehead atoms. The van der Waals surface area contributed by atoms with Crippen molar-refractivity contribution in [3.63, 3.8) is 0 Å². The molecule has 0 unspecified atom stereocenters. The number of piperidine rings is 1. The zero-order valence-electron chi connectivity index (χ0n) is 9.19. The predicted octanol–water partition coefficient (Wildman–Crippen LogP) is 2.49. The van der Waals surface area contributed by atoms with Crippen LogP contribution in [0, 0.1) is 10.1 Å². The van der Waals surface area contributed by atoms with Gasteiger partial charge in [-0.3, -0.25) is 10.1 Å². The Labute approximate surface area is 107 Å². The summed E-state index contributed by atoms with van der Waals surface area (Å²) in [6.45, 7) is 1.86. The summed E-state index contributed by atoms with van der Waals surface area (Å²) >= 11 is 3.23. The molecule has 0 saturated carbocycles. The minimum absolute atomic E-state index is 0.0384. The third kappa shape index (κ3) is 2.95. The largest absolute Gasteiger partial charge is 0.489 e. The van der Waals surface area contributed by atoms with Gasteiger partial charge in [-0.2, -0.15) is 0 Å². The van der Waals surface area contributed by atoms with Crippen molar-refractivity contribution in [2.45, 2.75) is 18.9 Å². The van der Waals surface area contributed by atoms with Gasteiger partial charge in [0.2, 0.25) is 0 Å². The average Bonchev–Trinajstić information content (AvgIpc) is 2.33. The molecule has 1 aromatic rings. The smallest absolute Gasteiger partial charge is 0.287 e. The number of ether oxygens (including phenoxy) is 1. The number of nitro groups is 1. The molecule has 0 aliphatic carbocycles. The molecule has 0 atom stereocenters. The maximum atomic E-state index is 10.8. The van der Waals surface area contributed by atoms with E-state index in [9.17, 15) is 10.1 Å². The first-order valence-corrected chi connectivity index (χ1v) is 6.28. The van der Waals surface area contributed by atoms with E-state index in [-0.39, 0.29) is 11.8 Å². The van der Waals surface area contributed by atoms with Gasteiger partial charge < -0.3 is 10.1 Å². The molecule has 2 rings (SSSR count). The molecule has 17 heavy (non-hydrogen) atoms. The zero-order chi connectivity index (χ0) is 12.3. The average molecular weight is 301 g/mol. The predicted molar refractivity (Wildman–Crippen MR) is 67.3 cm³/mol. The van der Waals surface area contributed by atoms with Crippen molar-refractivity contribution in [3.8, 4) is 5.75 Å². The number of hydrogen-bond donors (Lipinski definition) is 1. The zero-order valence-corrected chi connectivity index (χ0v) is 10.8. The van der Waals surface area contributed by atoms with E-state index in [4.69, 9.17) is 4.74 Å². The SMILES string of the molecule is O=[N+]([O-])c1cccc(OC2CCNCC2)c1Br. The van der Waals surface area contributed by atoms with Gasteiger partial charge in [-0.25, -0.2) is 0 Å². The molecule has 1 aromatic carbocycles. The van der Waals surface area contributed by atoms with Crippen molar-refractivity contribution >= 4 is 21.6 Å². The highest BCUT2D eigenvalue weighted by Gasteiger charge is 2.20. The van der Waals surface area contributed by atoms with Crippen LogP contribution in [0.25, 0.3) is 0 Å². The molecule has 1 aliphatic heterocycles. The molecular weight excluding hydrogens is 288 g/mol. The summed E-state index contributed by atoms with van der Waals surface area (Å²) in [6.07, 6.45) is 1.99. The van der Waals surface area contributed by atoms with Gasteiger partial charge >= 0.3 is 0 Å². The van der Waals surface area contributed by atoms with Crippen LogP contribution < -0.4 is 10.1 Å². The second kappa shape index (κ2) is 5.46. The maximum absolute atomic E-state index is 10.8. The lowest BCUT2D eigenvalue weighted by atomic mass is 10.1. The normalized spacial score (nSPS) is 16.8. The van der Waals surface area contributed by atoms with Gasteiger partial charge in [-0.1, -0.05) is 6.07 Å². The monoisotopic (exact) mass is 300 g/mol. The van der Waals surface area contributed by atoms with E-state index in [0.717, 1.165) is 25.9 Å². The Balaban J connectivity index is 2.15. The number of halogens is 1. The van der Waals surface area contributed by atoms with Gasteiger partial charge in [0, 0.05) is 6.07 Å². The van der Waals surface area contributed by atoms with Crippen LogP contribution in [0.5, 0.6) is 5.75 Å². The van der Waals surface area contributed by atoms with Gasteiger partial charge in [0.05, 0.1) is 4.92 Å². The van der Waals surface area contributed by atoms with Crippen LogP contribution in [0.2, 0.25) is 0 Å². The van der Waals surface area contributed by atoms with Crippen LogP contribution in [-0.2, 0) is 0 Å². The van der Waals surface area contributed by atoms with Gasteiger partial charge in [0.25, 0.3) is 5.69 Å².